The molecule has 2 atom stereocenters. The minimum Gasteiger partial charge on any atom is -0.493 e. The number of benzene rings is 3. The molecule has 1 saturated heterocycles. The number of hydrogen-bond donors (Lipinski definition) is 2. The lowest BCUT2D eigenvalue weighted by Crippen LogP contribution is -2.57. The van der Waals surface area contributed by atoms with Crippen LogP contribution in [0.3, 0.4) is 0 Å². The first-order chi connectivity index (χ1) is 19.4. The average molecular weight is 544 g/mol. The topological polar surface area (TPSA) is 89.1 Å². The van der Waals surface area contributed by atoms with Crippen molar-refractivity contribution >= 4 is 11.8 Å². The number of aryl methyl sites for hydroxylation is 2. The number of amides is 2. The number of carbonyl (C=O) groups is 2. The molecule has 8 heteroatoms. The van der Waals surface area contributed by atoms with Crippen molar-refractivity contribution in [1.82, 2.24) is 15.5 Å². The third kappa shape index (κ3) is 7.33. The van der Waals surface area contributed by atoms with Gasteiger partial charge in [-0.2, -0.15) is 0 Å². The van der Waals surface area contributed by atoms with Gasteiger partial charge in [0.25, 0.3) is 5.91 Å². The van der Waals surface area contributed by atoms with Crippen LogP contribution < -0.4 is 24.8 Å². The second kappa shape index (κ2) is 12.9. The Bertz CT molecular complexity index is 1330. The maximum atomic E-state index is 13.1. The van der Waals surface area contributed by atoms with E-state index in [4.69, 9.17) is 14.2 Å². The van der Waals surface area contributed by atoms with Crippen LogP contribution in [0, 0.1) is 6.92 Å². The van der Waals surface area contributed by atoms with Crippen molar-refractivity contribution in [3.63, 3.8) is 0 Å². The van der Waals surface area contributed by atoms with Crippen molar-refractivity contribution in [2.75, 3.05) is 26.8 Å². The first-order valence-electron chi connectivity index (χ1n) is 13.8. The predicted molar refractivity (Wildman–Crippen MR) is 153 cm³/mol. The van der Waals surface area contributed by atoms with Crippen LogP contribution in [-0.2, 0) is 29.1 Å². The highest BCUT2D eigenvalue weighted by Crippen LogP contribution is 2.29. The lowest BCUT2D eigenvalue weighted by molar-refractivity contribution is -0.125. The molecule has 5 aliphatic rings. The molecule has 1 fully saturated rings. The van der Waals surface area contributed by atoms with E-state index in [1.807, 2.05) is 36.4 Å². The van der Waals surface area contributed by atoms with Gasteiger partial charge in [-0.25, -0.2) is 0 Å². The molecule has 8 rings (SSSR count). The third-order valence-corrected chi connectivity index (χ3v) is 7.40. The molecule has 0 unspecified atom stereocenters. The molecule has 5 heterocycles. The van der Waals surface area contributed by atoms with Crippen LogP contribution in [0.1, 0.15) is 35.1 Å². The maximum Gasteiger partial charge on any atom is 0.258 e. The molecule has 8 nitrogen and oxygen atoms in total. The number of nitrogens with one attached hydrogen (secondary N) is 2. The van der Waals surface area contributed by atoms with Crippen LogP contribution in [0.2, 0.25) is 0 Å². The number of methoxy groups -OCH3 is 1. The number of nitrogens with zero attached hydrogens (tertiary/aromatic N) is 1. The van der Waals surface area contributed by atoms with Gasteiger partial charge in [0.2, 0.25) is 5.91 Å². The summed E-state index contributed by atoms with van der Waals surface area (Å²) in [4.78, 5) is 27.9. The van der Waals surface area contributed by atoms with Gasteiger partial charge in [0.15, 0.2) is 18.1 Å². The van der Waals surface area contributed by atoms with Crippen molar-refractivity contribution in [3.05, 3.63) is 89.0 Å². The number of rotatable bonds is 3. The normalized spacial score (nSPS) is 20.4. The SMILES string of the molecule is COc1cc2ccc1OCC(=O)N[C@@H]1CN(Cc3cccc(C)c3)CC[C@H]1Oc1ccc(cc1)CNC(=O)CC2. The summed E-state index contributed by atoms with van der Waals surface area (Å²) in [6.07, 6.45) is 1.50. The lowest BCUT2D eigenvalue weighted by atomic mass is 10.0. The van der Waals surface area contributed by atoms with Crippen LogP contribution in [0.5, 0.6) is 17.2 Å². The van der Waals surface area contributed by atoms with E-state index in [9.17, 15) is 9.59 Å². The standard InChI is InChI=1S/C32H37N3O5/c1-22-4-3-5-25(16-22)19-35-15-14-28-27(20-35)34-32(37)21-39-29-12-8-23(17-30(29)38-2)9-13-31(36)33-18-24-6-10-26(40-28)11-7-24/h3-8,10-12,16-17,27-28H,9,13-15,18-21H2,1-2H3,(H,33,36)(H,34,37)/t27-,28-/m1/s1. The monoisotopic (exact) mass is 543 g/mol. The number of ether oxygens (including phenoxy) is 3. The molecule has 0 radical (unpaired) electrons. The number of likely N-dealkylation sites (tertiary alicyclic amines) is 1. The molecule has 2 amide bonds. The smallest absolute Gasteiger partial charge is 0.258 e. The van der Waals surface area contributed by atoms with Gasteiger partial charge in [0.05, 0.1) is 13.2 Å². The molecule has 4 bridgehead atoms. The molecule has 0 aromatic heterocycles. The highest BCUT2D eigenvalue weighted by atomic mass is 16.5. The molecule has 3 aromatic carbocycles. The fourth-order valence-electron chi connectivity index (χ4n) is 5.28. The summed E-state index contributed by atoms with van der Waals surface area (Å²) in [7, 11) is 1.56. The molecule has 0 aliphatic carbocycles. The molecular formula is C32H37N3O5. The summed E-state index contributed by atoms with van der Waals surface area (Å²) >= 11 is 0. The van der Waals surface area contributed by atoms with Crippen molar-refractivity contribution in [3.8, 4) is 17.2 Å². The zero-order valence-electron chi connectivity index (χ0n) is 23.2. The summed E-state index contributed by atoms with van der Waals surface area (Å²) in [6.45, 7) is 4.72. The quantitative estimate of drug-likeness (QED) is 0.523. The Morgan fingerprint density at radius 3 is 2.60 bits per heavy atom. The van der Waals surface area contributed by atoms with Gasteiger partial charge in [-0.05, 0) is 60.7 Å². The van der Waals surface area contributed by atoms with Crippen molar-refractivity contribution in [2.45, 2.75) is 51.4 Å². The van der Waals surface area contributed by atoms with Gasteiger partial charge >= 0.3 is 0 Å². The minimum atomic E-state index is -0.219. The van der Waals surface area contributed by atoms with E-state index in [2.05, 4.69) is 46.7 Å². The number of hydrogen-bond acceptors (Lipinski definition) is 6. The maximum absolute atomic E-state index is 13.1. The fourth-order valence-corrected chi connectivity index (χ4v) is 5.28. The Hall–Kier alpha value is -4.04. The second-order valence-corrected chi connectivity index (χ2v) is 10.5. The van der Waals surface area contributed by atoms with Crippen molar-refractivity contribution in [1.29, 1.82) is 0 Å². The molecule has 0 spiro atoms. The molecule has 5 aliphatic heterocycles. The van der Waals surface area contributed by atoms with E-state index in [0.717, 1.165) is 36.4 Å². The lowest BCUT2D eigenvalue weighted by Gasteiger charge is -2.39. The van der Waals surface area contributed by atoms with Crippen molar-refractivity contribution in [2.24, 2.45) is 0 Å². The summed E-state index contributed by atoms with van der Waals surface area (Å²) in [5.41, 5.74) is 4.43. The van der Waals surface area contributed by atoms with Gasteiger partial charge < -0.3 is 24.8 Å². The van der Waals surface area contributed by atoms with Crippen LogP contribution in [-0.4, -0.2) is 55.7 Å². The molecule has 3 aromatic rings. The van der Waals surface area contributed by atoms with E-state index in [-0.39, 0.29) is 30.6 Å². The van der Waals surface area contributed by atoms with Crippen LogP contribution in [0.4, 0.5) is 0 Å². The van der Waals surface area contributed by atoms with E-state index in [0.29, 0.717) is 37.4 Å². The average Bonchev–Trinajstić information content (AvgIpc) is 2.95. The molecule has 210 valence electrons. The Morgan fingerprint density at radius 1 is 0.975 bits per heavy atom. The predicted octanol–water partition coefficient (Wildman–Crippen LogP) is 3.78. The van der Waals surface area contributed by atoms with Gasteiger partial charge in [-0.1, -0.05) is 48.0 Å². The minimum absolute atomic E-state index is 0.0223. The Morgan fingerprint density at radius 2 is 1.80 bits per heavy atom. The van der Waals surface area contributed by atoms with Crippen LogP contribution in [0.15, 0.2) is 66.7 Å². The molecular weight excluding hydrogens is 506 g/mol. The fraction of sp³-hybridized carbons (Fsp3) is 0.375. The highest BCUT2D eigenvalue weighted by molar-refractivity contribution is 5.78. The van der Waals surface area contributed by atoms with Gasteiger partial charge in [-0.3, -0.25) is 14.5 Å². The van der Waals surface area contributed by atoms with Gasteiger partial charge in [0, 0.05) is 32.6 Å². The second-order valence-electron chi connectivity index (χ2n) is 10.5. The molecule has 2 N–H and O–H groups in total. The first kappa shape index (κ1) is 27.5. The summed E-state index contributed by atoms with van der Waals surface area (Å²) in [5.74, 6) is 1.51. The summed E-state index contributed by atoms with van der Waals surface area (Å²) in [6, 6.07) is 21.6. The van der Waals surface area contributed by atoms with Gasteiger partial charge in [0.1, 0.15) is 11.9 Å². The largest absolute Gasteiger partial charge is 0.493 e. The van der Waals surface area contributed by atoms with Crippen molar-refractivity contribution < 1.29 is 23.8 Å². The van der Waals surface area contributed by atoms with E-state index >= 15 is 0 Å². The molecule has 40 heavy (non-hydrogen) atoms. The zero-order valence-corrected chi connectivity index (χ0v) is 23.2. The Kier molecular flexibility index (Phi) is 8.86. The zero-order chi connectivity index (χ0) is 27.9. The summed E-state index contributed by atoms with van der Waals surface area (Å²) in [5, 5.41) is 6.16. The van der Waals surface area contributed by atoms with Gasteiger partial charge in [-0.15, -0.1) is 0 Å². The summed E-state index contributed by atoms with van der Waals surface area (Å²) < 4.78 is 17.8. The van der Waals surface area contributed by atoms with E-state index < -0.39 is 0 Å². The number of carbonyl (C=O) groups excluding carboxylic acids is 2. The Labute approximate surface area is 235 Å². The van der Waals surface area contributed by atoms with Crippen LogP contribution >= 0.6 is 0 Å². The van der Waals surface area contributed by atoms with E-state index in [1.165, 1.54) is 11.1 Å². The first-order valence-corrected chi connectivity index (χ1v) is 13.8. The number of piperidine rings is 1. The Balaban J connectivity index is 1.35. The molecule has 0 saturated carbocycles. The third-order valence-electron chi connectivity index (χ3n) is 7.40. The van der Waals surface area contributed by atoms with E-state index in [1.54, 1.807) is 13.2 Å². The van der Waals surface area contributed by atoms with Crippen LogP contribution in [0.25, 0.3) is 0 Å². The highest BCUT2D eigenvalue weighted by Gasteiger charge is 2.32.